The summed E-state index contributed by atoms with van der Waals surface area (Å²) in [5.41, 5.74) is 0.342. The third-order valence-electron chi connectivity index (χ3n) is 1.53. The Hall–Kier alpha value is -1.83. The highest BCUT2D eigenvalue weighted by atomic mass is 16.1. The number of nitriles is 1. The number of amides is 1. The molecule has 0 atom stereocenters. The van der Waals surface area contributed by atoms with E-state index in [1.165, 1.54) is 6.20 Å². The van der Waals surface area contributed by atoms with Gasteiger partial charge in [-0.25, -0.2) is 0 Å². The lowest BCUT2D eigenvalue weighted by molar-refractivity contribution is -0.118. The Bertz CT molecular complexity index is 347. The van der Waals surface area contributed by atoms with E-state index in [2.05, 4.69) is 15.5 Å². The minimum absolute atomic E-state index is 0.116. The fraction of sp³-hybridized carbons (Fsp3) is 0.375. The fourth-order valence-corrected chi connectivity index (χ4v) is 0.734. The summed E-state index contributed by atoms with van der Waals surface area (Å²) in [7, 11) is 0. The average Bonchev–Trinajstić information content (AvgIpc) is 2.51. The van der Waals surface area contributed by atoms with Crippen molar-refractivity contribution in [2.45, 2.75) is 13.8 Å². The molecule has 0 radical (unpaired) electrons. The molecule has 1 aromatic heterocycles. The van der Waals surface area contributed by atoms with E-state index in [1.807, 2.05) is 6.07 Å². The SMILES string of the molecule is CC(C)C(=O)Nc1[nH]ncc1C#N. The van der Waals surface area contributed by atoms with Crippen LogP contribution in [0.3, 0.4) is 0 Å². The van der Waals surface area contributed by atoms with Crippen LogP contribution in [0, 0.1) is 17.2 Å². The van der Waals surface area contributed by atoms with Crippen molar-refractivity contribution in [1.82, 2.24) is 10.2 Å². The lowest BCUT2D eigenvalue weighted by Gasteiger charge is -2.04. The van der Waals surface area contributed by atoms with E-state index >= 15 is 0 Å². The normalized spacial score (nSPS) is 9.69. The Balaban J connectivity index is 2.76. The number of H-pyrrole nitrogens is 1. The molecule has 5 heteroatoms. The maximum Gasteiger partial charge on any atom is 0.228 e. The van der Waals surface area contributed by atoms with Crippen LogP contribution in [-0.2, 0) is 4.79 Å². The van der Waals surface area contributed by atoms with Crippen LogP contribution in [0.5, 0.6) is 0 Å². The third-order valence-corrected chi connectivity index (χ3v) is 1.53. The average molecular weight is 178 g/mol. The van der Waals surface area contributed by atoms with E-state index < -0.39 is 0 Å². The van der Waals surface area contributed by atoms with Gasteiger partial charge in [-0.05, 0) is 0 Å². The van der Waals surface area contributed by atoms with Gasteiger partial charge in [0, 0.05) is 5.92 Å². The summed E-state index contributed by atoms with van der Waals surface area (Å²) in [6, 6.07) is 1.91. The van der Waals surface area contributed by atoms with E-state index in [1.54, 1.807) is 13.8 Å². The van der Waals surface area contributed by atoms with Crippen molar-refractivity contribution < 1.29 is 4.79 Å². The first-order valence-electron chi connectivity index (χ1n) is 3.89. The first kappa shape index (κ1) is 9.26. The van der Waals surface area contributed by atoms with Gasteiger partial charge in [-0.1, -0.05) is 13.8 Å². The molecule has 0 spiro atoms. The molecule has 0 bridgehead atoms. The summed E-state index contributed by atoms with van der Waals surface area (Å²) in [6.45, 7) is 3.55. The minimum Gasteiger partial charge on any atom is -0.310 e. The van der Waals surface area contributed by atoms with Crippen molar-refractivity contribution in [3.63, 3.8) is 0 Å². The molecule has 0 saturated carbocycles. The maximum absolute atomic E-state index is 11.2. The first-order valence-corrected chi connectivity index (χ1v) is 3.89. The minimum atomic E-state index is -0.138. The van der Waals surface area contributed by atoms with Gasteiger partial charge in [0.05, 0.1) is 6.20 Å². The lowest BCUT2D eigenvalue weighted by Crippen LogP contribution is -2.18. The number of carbonyl (C=O) groups excluding carboxylic acids is 1. The van der Waals surface area contributed by atoms with Gasteiger partial charge < -0.3 is 5.32 Å². The van der Waals surface area contributed by atoms with Crippen molar-refractivity contribution in [3.05, 3.63) is 11.8 Å². The molecule has 0 saturated heterocycles. The highest BCUT2D eigenvalue weighted by Gasteiger charge is 2.10. The second-order valence-corrected chi connectivity index (χ2v) is 2.91. The molecule has 1 rings (SSSR count). The number of nitrogens with one attached hydrogen (secondary N) is 2. The number of aromatic nitrogens is 2. The molecule has 0 aliphatic carbocycles. The smallest absolute Gasteiger partial charge is 0.228 e. The van der Waals surface area contributed by atoms with Gasteiger partial charge in [0.1, 0.15) is 17.5 Å². The van der Waals surface area contributed by atoms with Gasteiger partial charge in [0.25, 0.3) is 0 Å². The number of aromatic amines is 1. The second-order valence-electron chi connectivity index (χ2n) is 2.91. The zero-order valence-corrected chi connectivity index (χ0v) is 7.46. The van der Waals surface area contributed by atoms with Crippen LogP contribution in [0.4, 0.5) is 5.82 Å². The van der Waals surface area contributed by atoms with Gasteiger partial charge in [-0.15, -0.1) is 0 Å². The fourth-order valence-electron chi connectivity index (χ4n) is 0.734. The summed E-state index contributed by atoms with van der Waals surface area (Å²) in [6.07, 6.45) is 1.37. The Morgan fingerprint density at radius 3 is 3.00 bits per heavy atom. The van der Waals surface area contributed by atoms with Crippen molar-refractivity contribution >= 4 is 11.7 Å². The Morgan fingerprint density at radius 2 is 2.46 bits per heavy atom. The Kier molecular flexibility index (Phi) is 2.65. The number of carbonyl (C=O) groups is 1. The van der Waals surface area contributed by atoms with Crippen LogP contribution in [0.25, 0.3) is 0 Å². The first-order chi connectivity index (χ1) is 6.15. The summed E-state index contributed by atoms with van der Waals surface area (Å²) >= 11 is 0. The van der Waals surface area contributed by atoms with Crippen molar-refractivity contribution in [2.75, 3.05) is 5.32 Å². The molecule has 13 heavy (non-hydrogen) atoms. The van der Waals surface area contributed by atoms with Crippen LogP contribution in [0.1, 0.15) is 19.4 Å². The van der Waals surface area contributed by atoms with Crippen LogP contribution in [0.2, 0.25) is 0 Å². The number of anilines is 1. The predicted octanol–water partition coefficient (Wildman–Crippen LogP) is 0.876. The topological polar surface area (TPSA) is 81.6 Å². The van der Waals surface area contributed by atoms with E-state index in [0.717, 1.165) is 0 Å². The van der Waals surface area contributed by atoms with Crippen LogP contribution in [0.15, 0.2) is 6.20 Å². The molecule has 0 aliphatic rings. The van der Waals surface area contributed by atoms with Crippen LogP contribution in [-0.4, -0.2) is 16.1 Å². The summed E-state index contributed by atoms with van der Waals surface area (Å²) in [4.78, 5) is 11.2. The summed E-state index contributed by atoms with van der Waals surface area (Å²) < 4.78 is 0. The molecule has 5 nitrogen and oxygen atoms in total. The van der Waals surface area contributed by atoms with Crippen molar-refractivity contribution in [2.24, 2.45) is 5.92 Å². The number of hydrogen-bond donors (Lipinski definition) is 2. The standard InChI is InChI=1S/C8H10N4O/c1-5(2)8(13)11-7-6(3-9)4-10-12-7/h4-5H,1-2H3,(H2,10,11,12,13). The number of rotatable bonds is 2. The van der Waals surface area contributed by atoms with Gasteiger partial charge in [0.2, 0.25) is 5.91 Å². The molecule has 0 unspecified atom stereocenters. The van der Waals surface area contributed by atoms with Gasteiger partial charge in [0.15, 0.2) is 0 Å². The summed E-state index contributed by atoms with van der Waals surface area (Å²) in [5, 5.41) is 17.3. The summed E-state index contributed by atoms with van der Waals surface area (Å²) in [5.74, 6) is 0.108. The Labute approximate surface area is 75.8 Å². The predicted molar refractivity (Wildman–Crippen MR) is 46.8 cm³/mol. The van der Waals surface area contributed by atoms with Crippen molar-refractivity contribution in [3.8, 4) is 6.07 Å². The van der Waals surface area contributed by atoms with E-state index in [-0.39, 0.29) is 11.8 Å². The maximum atomic E-state index is 11.2. The van der Waals surface area contributed by atoms with Crippen molar-refractivity contribution in [1.29, 1.82) is 5.26 Å². The highest BCUT2D eigenvalue weighted by Crippen LogP contribution is 2.09. The molecule has 0 fully saturated rings. The van der Waals surface area contributed by atoms with Gasteiger partial charge >= 0.3 is 0 Å². The molecule has 1 amide bonds. The highest BCUT2D eigenvalue weighted by molar-refractivity contribution is 5.92. The zero-order valence-electron chi connectivity index (χ0n) is 7.46. The van der Waals surface area contributed by atoms with Gasteiger partial charge in [-0.2, -0.15) is 10.4 Å². The number of hydrogen-bond acceptors (Lipinski definition) is 3. The largest absolute Gasteiger partial charge is 0.310 e. The molecular weight excluding hydrogens is 168 g/mol. The molecular formula is C8H10N4O. The van der Waals surface area contributed by atoms with E-state index in [0.29, 0.717) is 11.4 Å². The Morgan fingerprint density at radius 1 is 1.77 bits per heavy atom. The molecule has 68 valence electrons. The third kappa shape index (κ3) is 2.06. The molecule has 1 heterocycles. The molecule has 2 N–H and O–H groups in total. The van der Waals surface area contributed by atoms with E-state index in [9.17, 15) is 4.79 Å². The molecule has 0 aliphatic heterocycles. The molecule has 0 aromatic carbocycles. The van der Waals surface area contributed by atoms with Gasteiger partial charge in [-0.3, -0.25) is 9.89 Å². The zero-order chi connectivity index (χ0) is 9.84. The number of nitrogens with zero attached hydrogens (tertiary/aromatic N) is 2. The quantitative estimate of drug-likeness (QED) is 0.705. The van der Waals surface area contributed by atoms with Crippen LogP contribution < -0.4 is 5.32 Å². The lowest BCUT2D eigenvalue weighted by atomic mass is 10.2. The van der Waals surface area contributed by atoms with Crippen LogP contribution >= 0.6 is 0 Å². The second kappa shape index (κ2) is 3.72. The monoisotopic (exact) mass is 178 g/mol. The van der Waals surface area contributed by atoms with E-state index in [4.69, 9.17) is 5.26 Å². The molecule has 1 aromatic rings.